The van der Waals surface area contributed by atoms with E-state index in [1.807, 2.05) is 11.9 Å². The molecule has 0 spiro atoms. The van der Waals surface area contributed by atoms with E-state index in [9.17, 15) is 9.18 Å². The van der Waals surface area contributed by atoms with Crippen LogP contribution in [0.3, 0.4) is 0 Å². The number of piperazine rings is 1. The molecule has 4 rings (SSSR count). The third-order valence-electron chi connectivity index (χ3n) is 6.09. The van der Waals surface area contributed by atoms with Crippen LogP contribution in [-0.4, -0.2) is 76.3 Å². The summed E-state index contributed by atoms with van der Waals surface area (Å²) in [5.74, 6) is 0.467. The molecule has 1 aromatic carbocycles. The van der Waals surface area contributed by atoms with Crippen molar-refractivity contribution >= 4 is 17.3 Å². The van der Waals surface area contributed by atoms with Gasteiger partial charge in [-0.05, 0) is 30.8 Å². The standard InChI is InChI=1S/C25H28FN9O/c1-33-9-10-35(19(13-26)16-33)24-12-21(25(36)29-15-18-5-3-17(14-27)4-6-18)31-23(32-24)11-20(28)22-7-8-30-34(22)2/h3-8,11-12,19,28,32H,9-10,13,15-16H2,1-2H3,(H,29,36)/b23-11-,28-20?. The maximum atomic E-state index is 13.9. The number of amides is 1. The predicted octanol–water partition coefficient (Wildman–Crippen LogP) is 1.29. The van der Waals surface area contributed by atoms with Gasteiger partial charge in [0.1, 0.15) is 24.0 Å². The molecule has 0 bridgehead atoms. The van der Waals surface area contributed by atoms with Crippen LogP contribution in [0.2, 0.25) is 0 Å². The first-order valence-electron chi connectivity index (χ1n) is 11.5. The summed E-state index contributed by atoms with van der Waals surface area (Å²) in [6, 6.07) is 10.3. The molecule has 1 amide bonds. The number of nitrogens with one attached hydrogen (secondary N) is 3. The number of hydrogen-bond acceptors (Lipinski definition) is 8. The Balaban J connectivity index is 1.59. The molecule has 11 heteroatoms. The lowest BCUT2D eigenvalue weighted by Gasteiger charge is -2.42. The van der Waals surface area contributed by atoms with Crippen LogP contribution in [0, 0.1) is 16.7 Å². The number of nitrogens with zero attached hydrogens (tertiary/aromatic N) is 6. The molecule has 0 radical (unpaired) electrons. The van der Waals surface area contributed by atoms with E-state index in [1.54, 1.807) is 54.3 Å². The molecule has 36 heavy (non-hydrogen) atoms. The van der Waals surface area contributed by atoms with E-state index in [4.69, 9.17) is 10.7 Å². The van der Waals surface area contributed by atoms with Crippen LogP contribution < -0.4 is 10.6 Å². The largest absolute Gasteiger partial charge is 0.350 e. The smallest absolute Gasteiger partial charge is 0.270 e. The van der Waals surface area contributed by atoms with Crippen LogP contribution in [0.4, 0.5) is 4.39 Å². The van der Waals surface area contributed by atoms with Gasteiger partial charge in [0.25, 0.3) is 5.91 Å². The van der Waals surface area contributed by atoms with Gasteiger partial charge in [0.05, 0.1) is 29.1 Å². The molecule has 1 unspecified atom stereocenters. The zero-order valence-corrected chi connectivity index (χ0v) is 20.2. The molecule has 3 N–H and O–H groups in total. The van der Waals surface area contributed by atoms with Gasteiger partial charge in [-0.25, -0.2) is 9.38 Å². The number of halogens is 1. The molecule has 0 aliphatic carbocycles. The molecule has 10 nitrogen and oxygen atoms in total. The number of aromatic nitrogens is 2. The number of allylic oxidation sites excluding steroid dienone is 1. The fraction of sp³-hybridized carbons (Fsp3) is 0.320. The second-order valence-electron chi connectivity index (χ2n) is 8.69. The number of likely N-dealkylation sites (N-methyl/N-ethyl adjacent to an activating group) is 1. The minimum Gasteiger partial charge on any atom is -0.350 e. The fourth-order valence-electron chi connectivity index (χ4n) is 4.10. The Kier molecular flexibility index (Phi) is 7.56. The first-order valence-corrected chi connectivity index (χ1v) is 11.5. The van der Waals surface area contributed by atoms with Crippen molar-refractivity contribution in [3.8, 4) is 6.07 Å². The number of rotatable bonds is 7. The van der Waals surface area contributed by atoms with E-state index in [0.717, 1.165) is 12.1 Å². The highest BCUT2D eigenvalue weighted by atomic mass is 19.1. The summed E-state index contributed by atoms with van der Waals surface area (Å²) < 4.78 is 15.5. The summed E-state index contributed by atoms with van der Waals surface area (Å²) in [6.07, 6.45) is 4.74. The van der Waals surface area contributed by atoms with Gasteiger partial charge in [-0.15, -0.1) is 0 Å². The number of benzene rings is 1. The second-order valence-corrected chi connectivity index (χ2v) is 8.69. The summed E-state index contributed by atoms with van der Waals surface area (Å²) in [6.45, 7) is 1.60. The highest BCUT2D eigenvalue weighted by Gasteiger charge is 2.29. The molecule has 0 saturated carbocycles. The van der Waals surface area contributed by atoms with Gasteiger partial charge < -0.3 is 20.4 Å². The Labute approximate surface area is 208 Å². The van der Waals surface area contributed by atoms with Crippen molar-refractivity contribution in [1.29, 1.82) is 10.7 Å². The molecular formula is C25H28FN9O. The number of aryl methyl sites for hydroxylation is 1. The Hall–Kier alpha value is -4.30. The summed E-state index contributed by atoms with van der Waals surface area (Å²) in [5.41, 5.74) is 2.29. The van der Waals surface area contributed by atoms with Gasteiger partial charge in [-0.1, -0.05) is 12.1 Å². The van der Waals surface area contributed by atoms with Crippen molar-refractivity contribution in [3.63, 3.8) is 0 Å². The molecule has 1 fully saturated rings. The van der Waals surface area contributed by atoms with E-state index in [-0.39, 0.29) is 24.0 Å². The summed E-state index contributed by atoms with van der Waals surface area (Å²) >= 11 is 0. The summed E-state index contributed by atoms with van der Waals surface area (Å²) in [7, 11) is 3.69. The number of aliphatic imine (C=N–C) groups is 1. The minimum atomic E-state index is -0.537. The van der Waals surface area contributed by atoms with Crippen LogP contribution in [0.15, 0.2) is 65.3 Å². The minimum absolute atomic E-state index is 0.151. The zero-order chi connectivity index (χ0) is 25.7. The molecular weight excluding hydrogens is 461 g/mol. The normalized spacial score (nSPS) is 19.2. The van der Waals surface area contributed by atoms with Crippen molar-refractivity contribution < 1.29 is 9.18 Å². The van der Waals surface area contributed by atoms with Gasteiger partial charge in [-0.2, -0.15) is 10.4 Å². The van der Waals surface area contributed by atoms with Gasteiger partial charge in [0.15, 0.2) is 0 Å². The van der Waals surface area contributed by atoms with Gasteiger partial charge >= 0.3 is 0 Å². The van der Waals surface area contributed by atoms with Crippen molar-refractivity contribution in [1.82, 2.24) is 30.2 Å². The maximum Gasteiger partial charge on any atom is 0.270 e. The van der Waals surface area contributed by atoms with Crippen molar-refractivity contribution in [2.45, 2.75) is 12.6 Å². The van der Waals surface area contributed by atoms with Crippen molar-refractivity contribution in [2.75, 3.05) is 33.4 Å². The van der Waals surface area contributed by atoms with Gasteiger partial charge in [0, 0.05) is 51.6 Å². The third-order valence-corrected chi connectivity index (χ3v) is 6.09. The van der Waals surface area contributed by atoms with E-state index in [2.05, 4.69) is 31.7 Å². The zero-order valence-electron chi connectivity index (χ0n) is 20.2. The molecule has 2 aliphatic heterocycles. The number of carbonyl (C=O) groups is 1. The fourth-order valence-corrected chi connectivity index (χ4v) is 4.10. The average molecular weight is 490 g/mol. The molecule has 3 heterocycles. The Bertz CT molecular complexity index is 1270. The lowest BCUT2D eigenvalue weighted by Crippen LogP contribution is -2.54. The number of hydrogen-bond donors (Lipinski definition) is 3. The molecule has 1 aromatic heterocycles. The highest BCUT2D eigenvalue weighted by Crippen LogP contribution is 2.19. The number of carbonyl (C=O) groups excluding carboxylic acids is 1. The van der Waals surface area contributed by atoms with Gasteiger partial charge in [-0.3, -0.25) is 14.9 Å². The van der Waals surface area contributed by atoms with Crippen LogP contribution >= 0.6 is 0 Å². The third kappa shape index (κ3) is 5.67. The molecule has 186 valence electrons. The van der Waals surface area contributed by atoms with Crippen LogP contribution in [-0.2, 0) is 18.4 Å². The Morgan fingerprint density at radius 1 is 1.31 bits per heavy atom. The monoisotopic (exact) mass is 489 g/mol. The Morgan fingerprint density at radius 2 is 2.08 bits per heavy atom. The summed E-state index contributed by atoms with van der Waals surface area (Å²) in [4.78, 5) is 21.5. The predicted molar refractivity (Wildman–Crippen MR) is 134 cm³/mol. The van der Waals surface area contributed by atoms with Crippen molar-refractivity contribution in [3.05, 3.63) is 77.1 Å². The molecule has 1 atom stereocenters. The first-order chi connectivity index (χ1) is 17.4. The molecule has 2 aromatic rings. The molecule has 1 saturated heterocycles. The lowest BCUT2D eigenvalue weighted by atomic mass is 10.1. The SMILES string of the molecule is CN1CCN(C2=CC(C(=O)NCc3ccc(C#N)cc3)=N/C(=C/C(=N)c3ccnn3C)N2)C(CF)C1. The van der Waals surface area contributed by atoms with Crippen LogP contribution in [0.25, 0.3) is 0 Å². The van der Waals surface area contributed by atoms with Crippen LogP contribution in [0.1, 0.15) is 16.8 Å². The van der Waals surface area contributed by atoms with Gasteiger partial charge in [0.2, 0.25) is 0 Å². The quantitative estimate of drug-likeness (QED) is 0.504. The van der Waals surface area contributed by atoms with E-state index < -0.39 is 12.6 Å². The molecule has 2 aliphatic rings. The average Bonchev–Trinajstić information content (AvgIpc) is 3.33. The Morgan fingerprint density at radius 3 is 2.75 bits per heavy atom. The topological polar surface area (TPSA) is 125 Å². The van der Waals surface area contributed by atoms with Crippen molar-refractivity contribution in [2.24, 2.45) is 12.0 Å². The number of alkyl halides is 1. The summed E-state index contributed by atoms with van der Waals surface area (Å²) in [5, 5.41) is 27.6. The van der Waals surface area contributed by atoms with E-state index >= 15 is 0 Å². The lowest BCUT2D eigenvalue weighted by molar-refractivity contribution is -0.114. The highest BCUT2D eigenvalue weighted by molar-refractivity contribution is 6.43. The van der Waals surface area contributed by atoms with Crippen LogP contribution in [0.5, 0.6) is 0 Å². The maximum absolute atomic E-state index is 13.9. The second kappa shape index (κ2) is 11.0. The first kappa shape index (κ1) is 24.8. The van der Waals surface area contributed by atoms with E-state index in [1.165, 1.54) is 6.08 Å². The number of nitriles is 1. The van der Waals surface area contributed by atoms with E-state index in [0.29, 0.717) is 36.0 Å².